The van der Waals surface area contributed by atoms with E-state index >= 15 is 0 Å². The number of piperidine rings is 1. The van der Waals surface area contributed by atoms with Crippen molar-refractivity contribution in [3.05, 3.63) is 53.6 Å². The number of nitrogens with zero attached hydrogens (tertiary/aromatic N) is 5. The van der Waals surface area contributed by atoms with Gasteiger partial charge in [0.15, 0.2) is 5.82 Å². The fraction of sp³-hybridized carbons (Fsp3) is 0.333. The monoisotopic (exact) mass is 444 g/mol. The molecule has 0 aromatic carbocycles. The maximum atomic E-state index is 13.2. The molecule has 3 aromatic heterocycles. The van der Waals surface area contributed by atoms with Gasteiger partial charge in [-0.15, -0.1) is 0 Å². The lowest BCUT2D eigenvalue weighted by molar-refractivity contribution is -0.137. The lowest BCUT2D eigenvalue weighted by Crippen LogP contribution is -2.48. The lowest BCUT2D eigenvalue weighted by atomic mass is 9.87. The highest BCUT2D eigenvalue weighted by Crippen LogP contribution is 2.31. The first-order valence-electron chi connectivity index (χ1n) is 10.0. The molecule has 2 atom stereocenters. The average Bonchev–Trinajstić information content (AvgIpc) is 3.16. The first-order chi connectivity index (χ1) is 15.2. The topological polar surface area (TPSA) is 122 Å². The van der Waals surface area contributed by atoms with Crippen molar-refractivity contribution in [2.75, 3.05) is 18.0 Å². The Balaban J connectivity index is 1.70. The van der Waals surface area contributed by atoms with E-state index in [-0.39, 0.29) is 17.8 Å². The summed E-state index contributed by atoms with van der Waals surface area (Å²) in [4.78, 5) is 15.0. The molecular weight excluding hydrogens is 421 g/mol. The van der Waals surface area contributed by atoms with Crippen molar-refractivity contribution >= 4 is 17.7 Å². The van der Waals surface area contributed by atoms with Crippen LogP contribution < -0.4 is 16.4 Å². The van der Waals surface area contributed by atoms with E-state index in [4.69, 9.17) is 16.9 Å². The molecule has 1 saturated heterocycles. The van der Waals surface area contributed by atoms with E-state index in [2.05, 4.69) is 15.0 Å². The minimum atomic E-state index is -4.47. The van der Waals surface area contributed by atoms with Crippen LogP contribution in [0.5, 0.6) is 0 Å². The molecule has 4 heterocycles. The summed E-state index contributed by atoms with van der Waals surface area (Å²) in [5.74, 6) is 0.823. The van der Waals surface area contributed by atoms with Gasteiger partial charge in [-0.2, -0.15) is 13.2 Å². The molecule has 0 aliphatic carbocycles. The van der Waals surface area contributed by atoms with Crippen molar-refractivity contribution in [3.8, 4) is 11.5 Å². The van der Waals surface area contributed by atoms with E-state index in [0.29, 0.717) is 42.4 Å². The number of hydrogen-bond acceptors (Lipinski definition) is 7. The molecule has 1 fully saturated rings. The zero-order valence-corrected chi connectivity index (χ0v) is 17.3. The molecule has 2 unspecified atom stereocenters. The van der Waals surface area contributed by atoms with Crippen molar-refractivity contribution < 1.29 is 13.2 Å². The number of allylic oxidation sites excluding steroid dienone is 1. The molecule has 11 heteroatoms. The van der Waals surface area contributed by atoms with Crippen LogP contribution in [-0.2, 0) is 6.18 Å². The largest absolute Gasteiger partial charge is 0.417 e. The maximum absolute atomic E-state index is 13.2. The summed E-state index contributed by atoms with van der Waals surface area (Å²) < 4.78 is 40.9. The molecule has 3 aromatic rings. The Morgan fingerprint density at radius 2 is 2.00 bits per heavy atom. The van der Waals surface area contributed by atoms with Gasteiger partial charge in [0.2, 0.25) is 0 Å². The van der Waals surface area contributed by atoms with Crippen LogP contribution in [-0.4, -0.2) is 44.7 Å². The molecule has 1 aliphatic heterocycles. The number of nitrogens with one attached hydrogen (secondary N) is 1. The number of rotatable bonds is 4. The van der Waals surface area contributed by atoms with Crippen molar-refractivity contribution in [2.24, 2.45) is 17.4 Å². The number of fused-ring (bicyclic) bond motifs is 1. The Hall–Kier alpha value is -3.47. The summed E-state index contributed by atoms with van der Waals surface area (Å²) in [7, 11) is 0. The van der Waals surface area contributed by atoms with E-state index in [0.717, 1.165) is 17.8 Å². The Kier molecular flexibility index (Phi) is 5.59. The fourth-order valence-corrected chi connectivity index (χ4v) is 4.07. The summed E-state index contributed by atoms with van der Waals surface area (Å²) in [6.45, 7) is 2.87. The molecule has 168 valence electrons. The molecular formula is C21H23F3N8. The van der Waals surface area contributed by atoms with Gasteiger partial charge >= 0.3 is 6.18 Å². The van der Waals surface area contributed by atoms with Crippen LogP contribution in [0.15, 0.2) is 48.1 Å². The summed E-state index contributed by atoms with van der Waals surface area (Å²) >= 11 is 0. The first kappa shape index (κ1) is 21.8. The van der Waals surface area contributed by atoms with Crippen molar-refractivity contribution in [1.29, 1.82) is 5.41 Å². The zero-order valence-electron chi connectivity index (χ0n) is 17.3. The maximum Gasteiger partial charge on any atom is 0.417 e. The Labute approximate surface area is 182 Å². The van der Waals surface area contributed by atoms with E-state index in [9.17, 15) is 13.2 Å². The van der Waals surface area contributed by atoms with E-state index < -0.39 is 11.7 Å². The normalized spacial score (nSPS) is 20.3. The molecule has 0 amide bonds. The van der Waals surface area contributed by atoms with Gasteiger partial charge < -0.3 is 21.8 Å². The fourth-order valence-electron chi connectivity index (χ4n) is 4.07. The van der Waals surface area contributed by atoms with Gasteiger partial charge in [0.05, 0.1) is 11.8 Å². The number of aromatic nitrogens is 4. The standard InChI is InChI=1S/C21H23F3N8/c1-12(26)16(7-25)13-6-15(27)11-31(9-13)19-4-5-28-20(30-19)17-8-29-18-3-2-14(10-32(17)18)21(22,23)24/h2-5,7-8,10,13,15,25H,6,9,11,26-27H2,1H3/b16-12+,25-7?. The number of nitrogens with two attached hydrogens (primary N) is 2. The number of imidazole rings is 1. The highest BCUT2D eigenvalue weighted by molar-refractivity contribution is 5.77. The minimum Gasteiger partial charge on any atom is -0.402 e. The van der Waals surface area contributed by atoms with Gasteiger partial charge in [0.25, 0.3) is 0 Å². The predicted molar refractivity (Wildman–Crippen MR) is 115 cm³/mol. The second-order valence-corrected chi connectivity index (χ2v) is 7.91. The van der Waals surface area contributed by atoms with Gasteiger partial charge in [-0.1, -0.05) is 0 Å². The van der Waals surface area contributed by atoms with E-state index in [1.54, 1.807) is 19.2 Å². The van der Waals surface area contributed by atoms with Gasteiger partial charge in [-0.25, -0.2) is 15.0 Å². The summed E-state index contributed by atoms with van der Waals surface area (Å²) in [6, 6.07) is 3.88. The van der Waals surface area contributed by atoms with Crippen LogP contribution in [0.2, 0.25) is 0 Å². The smallest absolute Gasteiger partial charge is 0.402 e. The quantitative estimate of drug-likeness (QED) is 0.532. The molecule has 4 rings (SSSR count). The summed E-state index contributed by atoms with van der Waals surface area (Å²) in [5, 5.41) is 7.69. The van der Waals surface area contributed by atoms with Gasteiger partial charge in [0.1, 0.15) is 17.2 Å². The second-order valence-electron chi connectivity index (χ2n) is 7.91. The Morgan fingerprint density at radius 3 is 2.69 bits per heavy atom. The molecule has 0 saturated carbocycles. The third-order valence-electron chi connectivity index (χ3n) is 5.56. The number of anilines is 1. The molecule has 0 spiro atoms. The minimum absolute atomic E-state index is 0.0233. The average molecular weight is 444 g/mol. The third kappa shape index (κ3) is 4.15. The molecule has 5 N–H and O–H groups in total. The number of hydrogen-bond donors (Lipinski definition) is 3. The number of alkyl halides is 3. The van der Waals surface area contributed by atoms with Crippen LogP contribution in [0.3, 0.4) is 0 Å². The van der Waals surface area contributed by atoms with Crippen LogP contribution in [0.25, 0.3) is 17.2 Å². The van der Waals surface area contributed by atoms with Crippen LogP contribution in [0, 0.1) is 11.3 Å². The van der Waals surface area contributed by atoms with E-state index in [1.807, 2.05) is 4.90 Å². The summed E-state index contributed by atoms with van der Waals surface area (Å²) in [5.41, 5.74) is 13.5. The SMILES string of the molecule is C/C(N)=C(/C=N)C1CC(N)CN(c2ccnc(-c3cnc4ccc(C(F)(F)F)cn34)n2)C1. The number of halogens is 3. The molecule has 0 radical (unpaired) electrons. The van der Waals surface area contributed by atoms with Crippen LogP contribution >= 0.6 is 0 Å². The molecule has 32 heavy (non-hydrogen) atoms. The summed E-state index contributed by atoms with van der Waals surface area (Å²) in [6.07, 6.45) is 1.48. The first-order valence-corrected chi connectivity index (χ1v) is 10.0. The van der Waals surface area contributed by atoms with Gasteiger partial charge in [-0.05, 0) is 37.1 Å². The third-order valence-corrected chi connectivity index (χ3v) is 5.56. The highest BCUT2D eigenvalue weighted by atomic mass is 19.4. The highest BCUT2D eigenvalue weighted by Gasteiger charge is 2.31. The predicted octanol–water partition coefficient (Wildman–Crippen LogP) is 2.85. The zero-order chi connectivity index (χ0) is 23.0. The van der Waals surface area contributed by atoms with Crippen LogP contribution in [0.1, 0.15) is 18.9 Å². The van der Waals surface area contributed by atoms with E-state index in [1.165, 1.54) is 22.9 Å². The molecule has 1 aliphatic rings. The van der Waals surface area contributed by atoms with Gasteiger partial charge in [-0.3, -0.25) is 4.40 Å². The number of pyridine rings is 1. The Bertz CT molecular complexity index is 1180. The van der Waals surface area contributed by atoms with Crippen molar-refractivity contribution in [3.63, 3.8) is 0 Å². The molecule has 8 nitrogen and oxygen atoms in total. The Morgan fingerprint density at radius 1 is 1.22 bits per heavy atom. The molecule has 0 bridgehead atoms. The van der Waals surface area contributed by atoms with Gasteiger partial charge in [0, 0.05) is 49.4 Å². The second kappa shape index (κ2) is 8.23. The van der Waals surface area contributed by atoms with Crippen LogP contribution in [0.4, 0.5) is 19.0 Å². The van der Waals surface area contributed by atoms with Crippen molar-refractivity contribution in [1.82, 2.24) is 19.4 Å². The lowest BCUT2D eigenvalue weighted by Gasteiger charge is -2.37. The van der Waals surface area contributed by atoms with Crippen molar-refractivity contribution in [2.45, 2.75) is 25.6 Å².